The van der Waals surface area contributed by atoms with Crippen LogP contribution in [0.25, 0.3) is 0 Å². The molecule has 4 aromatic heterocycles. The summed E-state index contributed by atoms with van der Waals surface area (Å²) in [5.74, 6) is -5.74. The summed E-state index contributed by atoms with van der Waals surface area (Å²) in [7, 11) is 0. The van der Waals surface area contributed by atoms with Gasteiger partial charge in [0.2, 0.25) is 22.1 Å². The molecule has 1 saturated carbocycles. The van der Waals surface area contributed by atoms with Crippen LogP contribution >= 0.6 is 45.3 Å². The molecule has 20 heteroatoms. The Morgan fingerprint density at radius 1 is 0.739 bits per heavy atom. The molecule has 1 aliphatic carbocycles. The van der Waals surface area contributed by atoms with Gasteiger partial charge < -0.3 is 20.4 Å². The lowest BCUT2D eigenvalue weighted by molar-refractivity contribution is -0.116. The number of rotatable bonds is 10. The minimum absolute atomic E-state index is 0.00197. The van der Waals surface area contributed by atoms with Crippen molar-refractivity contribution in [1.29, 1.82) is 0 Å². The zero-order chi connectivity index (χ0) is 32.1. The second-order valence-electron chi connectivity index (χ2n) is 11.6. The molecular formula is C26H26F4N10O2S4. The van der Waals surface area contributed by atoms with Crippen LogP contribution in [0.3, 0.4) is 0 Å². The number of aromatic nitrogens is 6. The predicted octanol–water partition coefficient (Wildman–Crippen LogP) is 5.02. The van der Waals surface area contributed by atoms with E-state index in [0.29, 0.717) is 31.9 Å². The first kappa shape index (κ1) is 31.3. The molecule has 6 heterocycles. The van der Waals surface area contributed by atoms with Crippen LogP contribution in [0.15, 0.2) is 10.8 Å². The molecule has 2 amide bonds. The zero-order valence-electron chi connectivity index (χ0n) is 23.9. The van der Waals surface area contributed by atoms with Gasteiger partial charge in [0, 0.05) is 22.6 Å². The fourth-order valence-electron chi connectivity index (χ4n) is 5.53. The van der Waals surface area contributed by atoms with Crippen molar-refractivity contribution in [1.82, 2.24) is 30.4 Å². The first-order valence-electron chi connectivity index (χ1n) is 14.4. The van der Waals surface area contributed by atoms with E-state index in [1.165, 1.54) is 55.1 Å². The van der Waals surface area contributed by atoms with E-state index in [1.54, 1.807) is 10.8 Å². The number of amides is 2. The van der Waals surface area contributed by atoms with Gasteiger partial charge in [0.25, 0.3) is 11.8 Å². The number of halogens is 4. The summed E-state index contributed by atoms with van der Waals surface area (Å²) in [5.41, 5.74) is 1.02. The minimum atomic E-state index is -2.69. The van der Waals surface area contributed by atoms with Gasteiger partial charge in [-0.25, -0.2) is 27.5 Å². The third-order valence-corrected chi connectivity index (χ3v) is 11.6. The molecule has 2 saturated heterocycles. The number of nitrogens with one attached hydrogen (secondary N) is 2. The van der Waals surface area contributed by atoms with Gasteiger partial charge in [-0.3, -0.25) is 9.59 Å². The molecule has 0 spiro atoms. The minimum Gasteiger partial charge on any atom is -0.336 e. The SMILES string of the molecule is O=C(Cc1csc(N2CC(F)(F)C2)n1)Nc1nnc([C@H]2CCC[C@H](c3nnc(NC(=O)Cc4csc(N5CC(F)(F)C5)n4)s3)C2)s1. The number of hydrogen-bond donors (Lipinski definition) is 2. The molecule has 3 fully saturated rings. The molecule has 4 aromatic rings. The lowest BCUT2D eigenvalue weighted by atomic mass is 9.82. The molecule has 2 N–H and O–H groups in total. The average Bonchev–Trinajstić information content (AvgIpc) is 3.79. The molecule has 244 valence electrons. The Labute approximate surface area is 275 Å². The van der Waals surface area contributed by atoms with Gasteiger partial charge in [0.05, 0.1) is 50.4 Å². The van der Waals surface area contributed by atoms with Crippen molar-refractivity contribution in [3.05, 3.63) is 32.2 Å². The smallest absolute Gasteiger partial charge is 0.282 e. The fraction of sp³-hybridized carbons (Fsp3) is 0.538. The van der Waals surface area contributed by atoms with Crippen molar-refractivity contribution < 1.29 is 27.2 Å². The molecule has 2 atom stereocenters. The van der Waals surface area contributed by atoms with Gasteiger partial charge in [-0.1, -0.05) is 29.1 Å². The summed E-state index contributed by atoms with van der Waals surface area (Å²) in [5, 5.41) is 29.3. The molecule has 0 radical (unpaired) electrons. The molecule has 12 nitrogen and oxygen atoms in total. The summed E-state index contributed by atoms with van der Waals surface area (Å²) in [6, 6.07) is 0. The highest BCUT2D eigenvalue weighted by atomic mass is 32.1. The van der Waals surface area contributed by atoms with Crippen LogP contribution in [0.5, 0.6) is 0 Å². The zero-order valence-corrected chi connectivity index (χ0v) is 27.2. The Morgan fingerprint density at radius 2 is 1.17 bits per heavy atom. The highest BCUT2D eigenvalue weighted by Gasteiger charge is 2.46. The highest BCUT2D eigenvalue weighted by Crippen LogP contribution is 2.43. The van der Waals surface area contributed by atoms with E-state index in [1.807, 2.05) is 0 Å². The van der Waals surface area contributed by atoms with E-state index >= 15 is 0 Å². The van der Waals surface area contributed by atoms with Crippen LogP contribution in [0.1, 0.15) is 58.9 Å². The molecule has 7 rings (SSSR count). The number of nitrogens with zero attached hydrogens (tertiary/aromatic N) is 8. The number of carbonyl (C=O) groups excluding carboxylic acids is 2. The third kappa shape index (κ3) is 7.13. The van der Waals surface area contributed by atoms with Crippen LogP contribution in [-0.2, 0) is 22.4 Å². The third-order valence-electron chi connectivity index (χ3n) is 7.74. The van der Waals surface area contributed by atoms with Crippen molar-refractivity contribution in [3.8, 4) is 0 Å². The van der Waals surface area contributed by atoms with E-state index in [-0.39, 0.29) is 62.7 Å². The van der Waals surface area contributed by atoms with Gasteiger partial charge in [-0.05, 0) is 19.3 Å². The summed E-state index contributed by atoms with van der Waals surface area (Å²) >= 11 is 5.12. The Kier molecular flexibility index (Phi) is 8.39. The monoisotopic (exact) mass is 714 g/mol. The van der Waals surface area contributed by atoms with Crippen molar-refractivity contribution >= 4 is 77.7 Å². The summed E-state index contributed by atoms with van der Waals surface area (Å²) in [6.45, 7) is -1.43. The second kappa shape index (κ2) is 12.3. The fourth-order valence-corrected chi connectivity index (χ4v) is 9.00. The highest BCUT2D eigenvalue weighted by molar-refractivity contribution is 7.16. The number of carbonyl (C=O) groups is 2. The van der Waals surface area contributed by atoms with E-state index in [0.717, 1.165) is 35.7 Å². The maximum atomic E-state index is 13.1. The van der Waals surface area contributed by atoms with Gasteiger partial charge in [-0.15, -0.1) is 43.1 Å². The molecule has 3 aliphatic rings. The molecular weight excluding hydrogens is 689 g/mol. The van der Waals surface area contributed by atoms with Crippen molar-refractivity contribution in [2.45, 2.75) is 62.2 Å². The Hall–Kier alpha value is -3.36. The quantitative estimate of drug-likeness (QED) is 0.215. The summed E-state index contributed by atoms with van der Waals surface area (Å²) in [4.78, 5) is 36.8. The predicted molar refractivity (Wildman–Crippen MR) is 167 cm³/mol. The topological polar surface area (TPSA) is 142 Å². The molecule has 0 unspecified atom stereocenters. The van der Waals surface area contributed by atoms with Crippen LogP contribution in [-0.4, -0.2) is 80.2 Å². The molecule has 0 bridgehead atoms. The van der Waals surface area contributed by atoms with Crippen LogP contribution in [0.2, 0.25) is 0 Å². The largest absolute Gasteiger partial charge is 0.336 e. The van der Waals surface area contributed by atoms with E-state index < -0.39 is 11.8 Å². The lowest BCUT2D eigenvalue weighted by Gasteiger charge is -2.38. The lowest BCUT2D eigenvalue weighted by Crippen LogP contribution is -2.56. The maximum absolute atomic E-state index is 13.1. The molecule has 2 aliphatic heterocycles. The summed E-state index contributed by atoms with van der Waals surface area (Å²) in [6.07, 6.45) is 3.57. The Bertz CT molecular complexity index is 1600. The summed E-state index contributed by atoms with van der Waals surface area (Å²) < 4.78 is 52.6. The first-order chi connectivity index (χ1) is 22.0. The van der Waals surface area contributed by atoms with Crippen molar-refractivity contribution in [2.24, 2.45) is 0 Å². The second-order valence-corrected chi connectivity index (χ2v) is 15.3. The van der Waals surface area contributed by atoms with Gasteiger partial charge >= 0.3 is 0 Å². The van der Waals surface area contributed by atoms with E-state index in [2.05, 4.69) is 41.0 Å². The van der Waals surface area contributed by atoms with Crippen LogP contribution in [0.4, 0.5) is 38.1 Å². The number of alkyl halides is 4. The number of anilines is 4. The molecule has 0 aromatic carbocycles. The normalized spacial score (nSPS) is 21.8. The number of hydrogen-bond acceptors (Lipinski definition) is 14. The van der Waals surface area contributed by atoms with Gasteiger partial charge in [0.15, 0.2) is 10.3 Å². The maximum Gasteiger partial charge on any atom is 0.282 e. The Balaban J connectivity index is 0.885. The van der Waals surface area contributed by atoms with E-state index in [9.17, 15) is 27.2 Å². The van der Waals surface area contributed by atoms with E-state index in [4.69, 9.17) is 0 Å². The van der Waals surface area contributed by atoms with Crippen molar-refractivity contribution in [3.63, 3.8) is 0 Å². The standard InChI is InChI=1S/C26H26F4N10O2S4/c27-25(28)9-39(10-25)23-31-15(7-43-23)5-17(41)33-21-37-35-19(45-21)13-2-1-3-14(4-13)20-36-38-22(46-20)34-18(42)6-16-8-44-24(32-16)40-11-26(29,30)12-40/h7-8,13-14H,1-6,9-12H2,(H,33,37,41)(H,34,38,42)/t13-,14-/m0/s1. The van der Waals surface area contributed by atoms with Crippen LogP contribution in [0, 0.1) is 0 Å². The number of thiazole rings is 2. The molecule has 46 heavy (non-hydrogen) atoms. The Morgan fingerprint density at radius 3 is 1.59 bits per heavy atom. The average molecular weight is 715 g/mol. The van der Waals surface area contributed by atoms with Gasteiger partial charge in [-0.2, -0.15) is 0 Å². The van der Waals surface area contributed by atoms with Crippen molar-refractivity contribution in [2.75, 3.05) is 46.6 Å². The van der Waals surface area contributed by atoms with Crippen LogP contribution < -0.4 is 20.4 Å². The first-order valence-corrected chi connectivity index (χ1v) is 17.8. The van der Waals surface area contributed by atoms with Gasteiger partial charge in [0.1, 0.15) is 10.0 Å².